The highest BCUT2D eigenvalue weighted by Crippen LogP contribution is 2.26. The van der Waals surface area contributed by atoms with E-state index in [-0.39, 0.29) is 23.8 Å². The van der Waals surface area contributed by atoms with Gasteiger partial charge in [-0.05, 0) is 30.4 Å². The molecule has 110 valence electrons. The standard InChI is InChI=1S/C16H23NO3/c1-11(2)14(18)7-8-17-16(19)13-9-12-5-3-4-6-15(12)20-10-13/h3-6,11,13-14,18H,7-10H2,1-2H3,(H,17,19). The molecule has 0 bridgehead atoms. The van der Waals surface area contributed by atoms with E-state index in [1.54, 1.807) is 0 Å². The molecule has 1 amide bonds. The second kappa shape index (κ2) is 6.75. The minimum atomic E-state index is -0.362. The molecule has 1 aromatic carbocycles. The van der Waals surface area contributed by atoms with E-state index in [4.69, 9.17) is 4.74 Å². The molecule has 4 heteroatoms. The Hall–Kier alpha value is -1.55. The fourth-order valence-corrected chi connectivity index (χ4v) is 2.32. The lowest BCUT2D eigenvalue weighted by molar-refractivity contribution is -0.126. The van der Waals surface area contributed by atoms with Gasteiger partial charge in [-0.25, -0.2) is 0 Å². The van der Waals surface area contributed by atoms with Gasteiger partial charge in [0.05, 0.1) is 12.0 Å². The Bertz CT molecular complexity index is 459. The van der Waals surface area contributed by atoms with Gasteiger partial charge in [0.25, 0.3) is 0 Å². The fraction of sp³-hybridized carbons (Fsp3) is 0.562. The third-order valence-corrected chi connectivity index (χ3v) is 3.76. The lowest BCUT2D eigenvalue weighted by Gasteiger charge is -2.24. The molecule has 1 aromatic rings. The van der Waals surface area contributed by atoms with E-state index in [9.17, 15) is 9.90 Å². The Balaban J connectivity index is 1.80. The third-order valence-electron chi connectivity index (χ3n) is 3.76. The topological polar surface area (TPSA) is 58.6 Å². The monoisotopic (exact) mass is 277 g/mol. The minimum absolute atomic E-state index is 0.00968. The van der Waals surface area contributed by atoms with Crippen molar-refractivity contribution in [1.29, 1.82) is 0 Å². The molecule has 0 saturated carbocycles. The predicted octanol–water partition coefficient (Wildman–Crippen LogP) is 1.76. The Kier molecular flexibility index (Phi) is 5.01. The number of hydrogen-bond donors (Lipinski definition) is 2. The van der Waals surface area contributed by atoms with Gasteiger partial charge in [0.1, 0.15) is 12.4 Å². The first kappa shape index (κ1) is 14.9. The first-order valence-corrected chi connectivity index (χ1v) is 7.24. The molecule has 4 nitrogen and oxygen atoms in total. The first-order chi connectivity index (χ1) is 9.58. The normalized spacial score (nSPS) is 19.1. The number of rotatable bonds is 5. The molecule has 0 spiro atoms. The number of aliphatic hydroxyl groups excluding tert-OH is 1. The summed E-state index contributed by atoms with van der Waals surface area (Å²) in [5, 5.41) is 12.6. The molecule has 0 aromatic heterocycles. The van der Waals surface area contributed by atoms with Crippen molar-refractivity contribution in [2.24, 2.45) is 11.8 Å². The average molecular weight is 277 g/mol. The zero-order chi connectivity index (χ0) is 14.5. The first-order valence-electron chi connectivity index (χ1n) is 7.24. The van der Waals surface area contributed by atoms with Gasteiger partial charge in [-0.2, -0.15) is 0 Å². The molecule has 2 N–H and O–H groups in total. The maximum absolute atomic E-state index is 12.1. The van der Waals surface area contributed by atoms with Crippen LogP contribution in [0.15, 0.2) is 24.3 Å². The summed E-state index contributed by atoms with van der Waals surface area (Å²) in [5.74, 6) is 0.972. The molecule has 2 unspecified atom stereocenters. The molecular formula is C16H23NO3. The van der Waals surface area contributed by atoms with Crippen LogP contribution in [0.3, 0.4) is 0 Å². The van der Waals surface area contributed by atoms with Gasteiger partial charge in [0.2, 0.25) is 5.91 Å². The van der Waals surface area contributed by atoms with Crippen molar-refractivity contribution in [1.82, 2.24) is 5.32 Å². The average Bonchev–Trinajstić information content (AvgIpc) is 2.46. The summed E-state index contributed by atoms with van der Waals surface area (Å²) < 4.78 is 5.61. The van der Waals surface area contributed by atoms with Gasteiger partial charge in [-0.3, -0.25) is 4.79 Å². The van der Waals surface area contributed by atoms with Gasteiger partial charge in [0, 0.05) is 6.54 Å². The number of nitrogens with one attached hydrogen (secondary N) is 1. The van der Waals surface area contributed by atoms with Crippen LogP contribution < -0.4 is 10.1 Å². The number of benzene rings is 1. The molecule has 1 aliphatic heterocycles. The lowest BCUT2D eigenvalue weighted by Crippen LogP contribution is -2.38. The highest BCUT2D eigenvalue weighted by molar-refractivity contribution is 5.79. The molecule has 0 aliphatic carbocycles. The van der Waals surface area contributed by atoms with Crippen LogP contribution in [0.1, 0.15) is 25.8 Å². The Morgan fingerprint density at radius 2 is 2.20 bits per heavy atom. The van der Waals surface area contributed by atoms with E-state index >= 15 is 0 Å². The van der Waals surface area contributed by atoms with E-state index in [1.807, 2.05) is 38.1 Å². The fourth-order valence-electron chi connectivity index (χ4n) is 2.32. The molecule has 0 saturated heterocycles. The molecule has 1 aliphatic rings. The van der Waals surface area contributed by atoms with Crippen LogP contribution >= 0.6 is 0 Å². The van der Waals surface area contributed by atoms with E-state index in [0.29, 0.717) is 19.6 Å². The summed E-state index contributed by atoms with van der Waals surface area (Å²) in [7, 11) is 0. The van der Waals surface area contributed by atoms with Crippen molar-refractivity contribution in [3.8, 4) is 5.75 Å². The van der Waals surface area contributed by atoms with Crippen molar-refractivity contribution < 1.29 is 14.6 Å². The van der Waals surface area contributed by atoms with Crippen LogP contribution in [-0.4, -0.2) is 30.3 Å². The summed E-state index contributed by atoms with van der Waals surface area (Å²) in [4.78, 5) is 12.1. The SMILES string of the molecule is CC(C)C(O)CCNC(=O)C1COc2ccccc2C1. The number of para-hydroxylation sites is 1. The second-order valence-electron chi connectivity index (χ2n) is 5.71. The molecule has 2 rings (SSSR count). The van der Waals surface area contributed by atoms with Crippen molar-refractivity contribution in [2.75, 3.05) is 13.2 Å². The van der Waals surface area contributed by atoms with Crippen LogP contribution in [-0.2, 0) is 11.2 Å². The Morgan fingerprint density at radius 3 is 2.95 bits per heavy atom. The molecule has 0 fully saturated rings. The van der Waals surface area contributed by atoms with E-state index in [2.05, 4.69) is 5.32 Å². The molecule has 20 heavy (non-hydrogen) atoms. The van der Waals surface area contributed by atoms with Gasteiger partial charge in [-0.1, -0.05) is 32.0 Å². The smallest absolute Gasteiger partial charge is 0.226 e. The highest BCUT2D eigenvalue weighted by Gasteiger charge is 2.25. The van der Waals surface area contributed by atoms with E-state index in [0.717, 1.165) is 17.7 Å². The Labute approximate surface area is 120 Å². The molecular weight excluding hydrogens is 254 g/mol. The van der Waals surface area contributed by atoms with Crippen molar-refractivity contribution in [3.05, 3.63) is 29.8 Å². The number of aliphatic hydroxyl groups is 1. The van der Waals surface area contributed by atoms with Crippen LogP contribution in [0.25, 0.3) is 0 Å². The van der Waals surface area contributed by atoms with Crippen LogP contribution in [0.4, 0.5) is 0 Å². The van der Waals surface area contributed by atoms with E-state index < -0.39 is 0 Å². The van der Waals surface area contributed by atoms with E-state index in [1.165, 1.54) is 0 Å². The zero-order valence-corrected chi connectivity index (χ0v) is 12.1. The van der Waals surface area contributed by atoms with Gasteiger partial charge < -0.3 is 15.2 Å². The summed E-state index contributed by atoms with van der Waals surface area (Å²) in [5.41, 5.74) is 1.08. The third kappa shape index (κ3) is 3.73. The van der Waals surface area contributed by atoms with Crippen molar-refractivity contribution >= 4 is 5.91 Å². The maximum Gasteiger partial charge on any atom is 0.226 e. The Morgan fingerprint density at radius 1 is 1.45 bits per heavy atom. The minimum Gasteiger partial charge on any atom is -0.492 e. The van der Waals surface area contributed by atoms with Gasteiger partial charge in [-0.15, -0.1) is 0 Å². The summed E-state index contributed by atoms with van der Waals surface area (Å²) in [6.07, 6.45) is 0.945. The lowest BCUT2D eigenvalue weighted by atomic mass is 9.96. The number of amides is 1. The number of carbonyl (C=O) groups is 1. The number of hydrogen-bond acceptors (Lipinski definition) is 3. The summed E-state index contributed by atoms with van der Waals surface area (Å²) in [6, 6.07) is 7.83. The highest BCUT2D eigenvalue weighted by atomic mass is 16.5. The molecule has 0 radical (unpaired) electrons. The van der Waals surface area contributed by atoms with Gasteiger partial charge >= 0.3 is 0 Å². The maximum atomic E-state index is 12.1. The largest absolute Gasteiger partial charge is 0.492 e. The quantitative estimate of drug-likeness (QED) is 0.862. The van der Waals surface area contributed by atoms with Crippen LogP contribution in [0, 0.1) is 11.8 Å². The van der Waals surface area contributed by atoms with Crippen molar-refractivity contribution in [3.63, 3.8) is 0 Å². The van der Waals surface area contributed by atoms with Crippen LogP contribution in [0.2, 0.25) is 0 Å². The van der Waals surface area contributed by atoms with Gasteiger partial charge in [0.15, 0.2) is 0 Å². The van der Waals surface area contributed by atoms with Crippen LogP contribution in [0.5, 0.6) is 5.75 Å². The molecule has 1 heterocycles. The number of ether oxygens (including phenoxy) is 1. The predicted molar refractivity (Wildman–Crippen MR) is 77.6 cm³/mol. The number of carbonyl (C=O) groups excluding carboxylic acids is 1. The second-order valence-corrected chi connectivity index (χ2v) is 5.71. The number of fused-ring (bicyclic) bond motifs is 1. The molecule has 2 atom stereocenters. The summed E-state index contributed by atoms with van der Waals surface area (Å²) >= 11 is 0. The van der Waals surface area contributed by atoms with Crippen molar-refractivity contribution in [2.45, 2.75) is 32.8 Å². The zero-order valence-electron chi connectivity index (χ0n) is 12.1. The summed E-state index contributed by atoms with van der Waals surface area (Å²) in [6.45, 7) is 4.88.